The first-order chi connectivity index (χ1) is 18.8. The van der Waals surface area contributed by atoms with E-state index in [4.69, 9.17) is 21.1 Å². The van der Waals surface area contributed by atoms with Crippen LogP contribution in [0.3, 0.4) is 0 Å². The highest BCUT2D eigenvalue weighted by molar-refractivity contribution is 6.32. The molecule has 0 aliphatic carbocycles. The summed E-state index contributed by atoms with van der Waals surface area (Å²) >= 11 is 6.47. The third kappa shape index (κ3) is 8.09. The van der Waals surface area contributed by atoms with Crippen molar-refractivity contribution in [2.75, 3.05) is 29.9 Å². The molecule has 2 atom stereocenters. The van der Waals surface area contributed by atoms with Gasteiger partial charge in [0.05, 0.1) is 11.6 Å². The van der Waals surface area contributed by atoms with E-state index in [0.29, 0.717) is 54.6 Å². The van der Waals surface area contributed by atoms with Gasteiger partial charge >= 0.3 is 12.5 Å². The number of hydrogen-bond donors (Lipinski definition) is 1. The molecule has 2 aliphatic rings. The zero-order valence-electron chi connectivity index (χ0n) is 22.6. The molecular formula is C28H33ClF3N3O5. The van der Waals surface area contributed by atoms with Gasteiger partial charge in [-0.05, 0) is 70.4 Å². The maximum Gasteiger partial charge on any atom is 0.573 e. The molecule has 0 radical (unpaired) electrons. The lowest BCUT2D eigenvalue weighted by molar-refractivity contribution is -0.274. The van der Waals surface area contributed by atoms with E-state index < -0.39 is 24.1 Å². The van der Waals surface area contributed by atoms with E-state index in [1.54, 1.807) is 45.0 Å². The minimum Gasteiger partial charge on any atom is -0.487 e. The maximum atomic E-state index is 13.1. The number of nitrogens with one attached hydrogen (secondary N) is 1. The Bertz CT molecular complexity index is 1220. The molecule has 0 unspecified atom stereocenters. The summed E-state index contributed by atoms with van der Waals surface area (Å²) in [6.07, 6.45) is -2.72. The van der Waals surface area contributed by atoms with Crippen molar-refractivity contribution < 1.29 is 37.0 Å². The van der Waals surface area contributed by atoms with Crippen LogP contribution in [0.15, 0.2) is 42.5 Å². The Morgan fingerprint density at radius 1 is 1.02 bits per heavy atom. The molecule has 4 rings (SSSR count). The molecule has 2 saturated heterocycles. The van der Waals surface area contributed by atoms with Crippen LogP contribution in [0.5, 0.6) is 11.5 Å². The Morgan fingerprint density at radius 3 is 2.50 bits per heavy atom. The molecule has 0 saturated carbocycles. The van der Waals surface area contributed by atoms with Gasteiger partial charge in [0.15, 0.2) is 0 Å². The molecule has 2 fully saturated rings. The number of amides is 2. The number of hydrogen-bond acceptors (Lipinski definition) is 6. The normalized spacial score (nSPS) is 19.8. The van der Waals surface area contributed by atoms with Gasteiger partial charge in [0.2, 0.25) is 5.91 Å². The number of anilines is 2. The van der Waals surface area contributed by atoms with Gasteiger partial charge in [-0.25, -0.2) is 4.79 Å². The molecule has 0 spiro atoms. The van der Waals surface area contributed by atoms with E-state index >= 15 is 0 Å². The first-order valence-corrected chi connectivity index (χ1v) is 13.5. The molecule has 2 aromatic rings. The molecule has 1 N–H and O–H groups in total. The minimum atomic E-state index is -4.76. The van der Waals surface area contributed by atoms with Gasteiger partial charge in [0.25, 0.3) is 0 Å². The van der Waals surface area contributed by atoms with Crippen molar-refractivity contribution in [2.45, 2.75) is 70.6 Å². The van der Waals surface area contributed by atoms with E-state index in [0.717, 1.165) is 12.8 Å². The SMILES string of the molecule is CC(C)(C)OC(=O)N1CCCC[C@@H]1C(=O)Nc1ccc(O[C@H]2CCN(c3cccc(OC(F)(F)F)c3)C2)c(Cl)c1. The van der Waals surface area contributed by atoms with Crippen LogP contribution in [0.25, 0.3) is 0 Å². The number of carbonyl (C=O) groups excluding carboxylic acids is 2. The number of halogens is 4. The van der Waals surface area contributed by atoms with Gasteiger partial charge in [-0.3, -0.25) is 9.69 Å². The lowest BCUT2D eigenvalue weighted by Crippen LogP contribution is -2.51. The maximum absolute atomic E-state index is 13.1. The van der Waals surface area contributed by atoms with E-state index in [1.807, 2.05) is 4.90 Å². The second kappa shape index (κ2) is 12.0. The van der Waals surface area contributed by atoms with Crippen LogP contribution in [-0.4, -0.2) is 60.6 Å². The summed E-state index contributed by atoms with van der Waals surface area (Å²) in [5.74, 6) is -0.176. The van der Waals surface area contributed by atoms with Crippen LogP contribution in [0, 0.1) is 0 Å². The van der Waals surface area contributed by atoms with E-state index in [2.05, 4.69) is 10.1 Å². The third-order valence-corrected chi connectivity index (χ3v) is 6.78. The molecule has 8 nitrogen and oxygen atoms in total. The standard InChI is InChI=1S/C28H33ClF3N3O5/c1-27(2,3)40-26(37)35-13-5-4-9-23(35)25(36)33-18-10-11-24(22(29)15-18)38-21-12-14-34(17-21)19-7-6-8-20(16-19)39-28(30,31)32/h6-8,10-11,15-16,21,23H,4-5,9,12-14,17H2,1-3H3,(H,33,36)/t21-,23+/m0/s1. The molecule has 2 amide bonds. The van der Waals surface area contributed by atoms with Crippen molar-refractivity contribution in [3.63, 3.8) is 0 Å². The summed E-state index contributed by atoms with van der Waals surface area (Å²) in [5.41, 5.74) is 0.396. The molecule has 0 aromatic heterocycles. The van der Waals surface area contributed by atoms with Crippen molar-refractivity contribution in [2.24, 2.45) is 0 Å². The quantitative estimate of drug-likeness (QED) is 0.411. The molecule has 12 heteroatoms. The van der Waals surface area contributed by atoms with Crippen molar-refractivity contribution in [1.29, 1.82) is 0 Å². The minimum absolute atomic E-state index is 0.241. The van der Waals surface area contributed by atoms with Crippen molar-refractivity contribution in [3.05, 3.63) is 47.5 Å². The number of nitrogens with zero attached hydrogens (tertiary/aromatic N) is 2. The van der Waals surface area contributed by atoms with Crippen LogP contribution in [0.2, 0.25) is 5.02 Å². The van der Waals surface area contributed by atoms with Crippen molar-refractivity contribution in [3.8, 4) is 11.5 Å². The summed E-state index contributed by atoms with van der Waals surface area (Å²) in [5, 5.41) is 3.14. The van der Waals surface area contributed by atoms with Crippen LogP contribution in [-0.2, 0) is 9.53 Å². The van der Waals surface area contributed by atoms with E-state index in [-0.39, 0.29) is 17.8 Å². The van der Waals surface area contributed by atoms with Gasteiger partial charge in [0, 0.05) is 37.0 Å². The molecular weight excluding hydrogens is 551 g/mol. The fraction of sp³-hybridized carbons (Fsp3) is 0.500. The summed E-state index contributed by atoms with van der Waals surface area (Å²) in [6, 6.07) is 10.1. The average molecular weight is 584 g/mol. The average Bonchev–Trinajstić information content (AvgIpc) is 3.32. The molecule has 218 valence electrons. The summed E-state index contributed by atoms with van der Waals surface area (Å²) < 4.78 is 53.3. The fourth-order valence-corrected chi connectivity index (χ4v) is 4.98. The molecule has 0 bridgehead atoms. The Balaban J connectivity index is 1.35. The Morgan fingerprint density at radius 2 is 1.80 bits per heavy atom. The van der Waals surface area contributed by atoms with Crippen molar-refractivity contribution in [1.82, 2.24) is 4.90 Å². The Kier molecular flexibility index (Phi) is 8.92. The molecule has 2 aromatic carbocycles. The third-order valence-electron chi connectivity index (χ3n) is 6.49. The Hall–Kier alpha value is -3.34. The predicted molar refractivity (Wildman–Crippen MR) is 145 cm³/mol. The number of carbonyl (C=O) groups is 2. The predicted octanol–water partition coefficient (Wildman–Crippen LogP) is 6.62. The molecule has 40 heavy (non-hydrogen) atoms. The summed E-state index contributed by atoms with van der Waals surface area (Å²) in [4.78, 5) is 29.1. The monoisotopic (exact) mass is 583 g/mol. The smallest absolute Gasteiger partial charge is 0.487 e. The largest absolute Gasteiger partial charge is 0.573 e. The molecule has 2 heterocycles. The van der Waals surface area contributed by atoms with Gasteiger partial charge in [0.1, 0.15) is 29.2 Å². The number of likely N-dealkylation sites (tertiary alicyclic amines) is 1. The summed E-state index contributed by atoms with van der Waals surface area (Å²) in [7, 11) is 0. The highest BCUT2D eigenvalue weighted by Crippen LogP contribution is 2.33. The lowest BCUT2D eigenvalue weighted by atomic mass is 10.0. The van der Waals surface area contributed by atoms with Gasteiger partial charge < -0.3 is 24.4 Å². The number of alkyl halides is 3. The van der Waals surface area contributed by atoms with E-state index in [9.17, 15) is 22.8 Å². The number of piperidine rings is 1. The first kappa shape index (κ1) is 29.6. The van der Waals surface area contributed by atoms with Crippen LogP contribution in [0.1, 0.15) is 46.5 Å². The topological polar surface area (TPSA) is 80.3 Å². The molecule has 2 aliphatic heterocycles. The van der Waals surface area contributed by atoms with Gasteiger partial charge in [-0.15, -0.1) is 13.2 Å². The second-order valence-corrected chi connectivity index (χ2v) is 11.2. The fourth-order valence-electron chi connectivity index (χ4n) is 4.76. The van der Waals surface area contributed by atoms with Gasteiger partial charge in [-0.1, -0.05) is 17.7 Å². The van der Waals surface area contributed by atoms with Crippen molar-refractivity contribution >= 4 is 35.0 Å². The Labute approximate surface area is 236 Å². The highest BCUT2D eigenvalue weighted by Gasteiger charge is 2.35. The summed E-state index contributed by atoms with van der Waals surface area (Å²) in [6.45, 7) is 6.82. The first-order valence-electron chi connectivity index (χ1n) is 13.1. The van der Waals surface area contributed by atoms with E-state index in [1.165, 1.54) is 23.1 Å². The van der Waals surface area contributed by atoms with Gasteiger partial charge in [-0.2, -0.15) is 0 Å². The second-order valence-electron chi connectivity index (χ2n) is 10.8. The number of ether oxygens (including phenoxy) is 3. The highest BCUT2D eigenvalue weighted by atomic mass is 35.5. The van der Waals surface area contributed by atoms with Crippen LogP contribution >= 0.6 is 11.6 Å². The number of benzene rings is 2. The van der Waals surface area contributed by atoms with Crippen LogP contribution < -0.4 is 19.7 Å². The zero-order valence-corrected chi connectivity index (χ0v) is 23.3. The lowest BCUT2D eigenvalue weighted by Gasteiger charge is -2.35. The zero-order chi connectivity index (χ0) is 29.1. The van der Waals surface area contributed by atoms with Crippen LogP contribution in [0.4, 0.5) is 29.3 Å². The number of rotatable bonds is 6.